The Kier molecular flexibility index (Phi) is 8.77. The molecule has 1 aromatic carbocycles. The smallest absolute Gasteiger partial charge is 0.325 e. The summed E-state index contributed by atoms with van der Waals surface area (Å²) in [6.45, 7) is 6.50. The van der Waals surface area contributed by atoms with Crippen molar-refractivity contribution in [2.24, 2.45) is 0 Å². The molecule has 0 radical (unpaired) electrons. The number of nitrogens with zero attached hydrogens (tertiary/aromatic N) is 1. The van der Waals surface area contributed by atoms with Crippen LogP contribution in [0.3, 0.4) is 0 Å². The van der Waals surface area contributed by atoms with Gasteiger partial charge in [-0.3, -0.25) is 30.0 Å². The standard InChI is InChI=1S/C18H25N3O6/c1-5-26-16(23)10-21(11-17(24)27-6-2)15-9-14(8-7-12(15)3)18(25)20-19-13(4)22/h7-9H,5-6,10-11H2,1-4H3,(H,19,22)(H,20,25). The van der Waals surface area contributed by atoms with E-state index in [1.54, 1.807) is 32.9 Å². The number of aryl methyl sites for hydroxylation is 1. The number of ether oxygens (including phenoxy) is 2. The van der Waals surface area contributed by atoms with Crippen molar-refractivity contribution in [1.29, 1.82) is 0 Å². The summed E-state index contributed by atoms with van der Waals surface area (Å²) in [5.74, 6) is -1.95. The number of hydrogen-bond acceptors (Lipinski definition) is 7. The lowest BCUT2D eigenvalue weighted by atomic mass is 10.1. The summed E-state index contributed by atoms with van der Waals surface area (Å²) in [7, 11) is 0. The minimum absolute atomic E-state index is 0.176. The second-order valence-electron chi connectivity index (χ2n) is 5.60. The third-order valence-corrected chi connectivity index (χ3v) is 3.41. The largest absolute Gasteiger partial charge is 0.465 e. The van der Waals surface area contributed by atoms with Crippen molar-refractivity contribution in [2.45, 2.75) is 27.7 Å². The van der Waals surface area contributed by atoms with Gasteiger partial charge in [0.1, 0.15) is 13.1 Å². The van der Waals surface area contributed by atoms with Gasteiger partial charge in [0.25, 0.3) is 5.91 Å². The summed E-state index contributed by atoms with van der Waals surface area (Å²) < 4.78 is 9.92. The molecule has 0 spiro atoms. The molecule has 0 aromatic heterocycles. The molecule has 1 aromatic rings. The van der Waals surface area contributed by atoms with Gasteiger partial charge < -0.3 is 14.4 Å². The van der Waals surface area contributed by atoms with Gasteiger partial charge in [0, 0.05) is 18.2 Å². The highest BCUT2D eigenvalue weighted by atomic mass is 16.5. The Morgan fingerprint density at radius 3 is 2.00 bits per heavy atom. The van der Waals surface area contributed by atoms with Crippen molar-refractivity contribution in [2.75, 3.05) is 31.2 Å². The van der Waals surface area contributed by atoms with Crippen LogP contribution in [0, 0.1) is 6.92 Å². The molecule has 2 N–H and O–H groups in total. The van der Waals surface area contributed by atoms with Gasteiger partial charge in [-0.15, -0.1) is 0 Å². The van der Waals surface area contributed by atoms with Crippen molar-refractivity contribution in [3.05, 3.63) is 29.3 Å². The number of benzene rings is 1. The van der Waals surface area contributed by atoms with Crippen molar-refractivity contribution >= 4 is 29.4 Å². The van der Waals surface area contributed by atoms with E-state index in [0.29, 0.717) is 5.69 Å². The van der Waals surface area contributed by atoms with E-state index in [1.807, 2.05) is 0 Å². The zero-order valence-electron chi connectivity index (χ0n) is 16.0. The Morgan fingerprint density at radius 2 is 1.52 bits per heavy atom. The Balaban J connectivity index is 3.12. The van der Waals surface area contributed by atoms with Gasteiger partial charge in [0.15, 0.2) is 0 Å². The quantitative estimate of drug-likeness (QED) is 0.505. The molecular formula is C18H25N3O6. The average molecular weight is 379 g/mol. The highest BCUT2D eigenvalue weighted by molar-refractivity contribution is 5.96. The van der Waals surface area contributed by atoms with Crippen molar-refractivity contribution in [1.82, 2.24) is 10.9 Å². The van der Waals surface area contributed by atoms with Crippen LogP contribution in [-0.2, 0) is 23.9 Å². The fourth-order valence-electron chi connectivity index (χ4n) is 2.26. The summed E-state index contributed by atoms with van der Waals surface area (Å²) in [4.78, 5) is 48.4. The summed E-state index contributed by atoms with van der Waals surface area (Å²) in [5, 5.41) is 0. The first-order valence-electron chi connectivity index (χ1n) is 8.52. The highest BCUT2D eigenvalue weighted by Gasteiger charge is 2.20. The van der Waals surface area contributed by atoms with Crippen LogP contribution in [-0.4, -0.2) is 50.1 Å². The Hall–Kier alpha value is -3.10. The van der Waals surface area contributed by atoms with Crippen LogP contribution >= 0.6 is 0 Å². The number of carbonyl (C=O) groups is 4. The summed E-state index contributed by atoms with van der Waals surface area (Å²) in [5.41, 5.74) is 5.98. The average Bonchev–Trinajstić information content (AvgIpc) is 2.60. The van der Waals surface area contributed by atoms with E-state index in [0.717, 1.165) is 5.56 Å². The number of amides is 2. The molecule has 0 fully saturated rings. The molecule has 9 heteroatoms. The third kappa shape index (κ3) is 7.35. The van der Waals surface area contributed by atoms with Crippen LogP contribution in [0.15, 0.2) is 18.2 Å². The van der Waals surface area contributed by atoms with Crippen molar-refractivity contribution in [3.63, 3.8) is 0 Å². The molecule has 0 saturated carbocycles. The first-order valence-corrected chi connectivity index (χ1v) is 8.52. The maximum absolute atomic E-state index is 12.2. The monoisotopic (exact) mass is 379 g/mol. The number of rotatable bonds is 8. The normalized spacial score (nSPS) is 9.93. The van der Waals surface area contributed by atoms with Crippen LogP contribution in [0.5, 0.6) is 0 Å². The Bertz CT molecular complexity index is 684. The van der Waals surface area contributed by atoms with Crippen LogP contribution in [0.25, 0.3) is 0 Å². The van der Waals surface area contributed by atoms with E-state index in [9.17, 15) is 19.2 Å². The molecule has 0 saturated heterocycles. The molecule has 148 valence electrons. The van der Waals surface area contributed by atoms with Crippen LogP contribution in [0.2, 0.25) is 0 Å². The molecule has 1 rings (SSSR count). The Labute approximate surface area is 158 Å². The number of esters is 2. The minimum atomic E-state index is -0.529. The molecule has 0 aliphatic carbocycles. The van der Waals surface area contributed by atoms with E-state index in [-0.39, 0.29) is 31.9 Å². The topological polar surface area (TPSA) is 114 Å². The fraction of sp³-hybridized carbons (Fsp3) is 0.444. The summed E-state index contributed by atoms with van der Waals surface area (Å²) >= 11 is 0. The minimum Gasteiger partial charge on any atom is -0.465 e. The van der Waals surface area contributed by atoms with Gasteiger partial charge >= 0.3 is 11.9 Å². The van der Waals surface area contributed by atoms with Gasteiger partial charge in [-0.2, -0.15) is 0 Å². The number of hydrazine groups is 1. The van der Waals surface area contributed by atoms with E-state index >= 15 is 0 Å². The predicted octanol–water partition coefficient (Wildman–Crippen LogP) is 0.709. The molecule has 0 bridgehead atoms. The van der Waals surface area contributed by atoms with Crippen LogP contribution < -0.4 is 15.8 Å². The molecule has 27 heavy (non-hydrogen) atoms. The van der Waals surface area contributed by atoms with Crippen LogP contribution in [0.4, 0.5) is 5.69 Å². The molecule has 2 amide bonds. The van der Waals surface area contributed by atoms with Crippen molar-refractivity contribution < 1.29 is 28.7 Å². The lowest BCUT2D eigenvalue weighted by molar-refractivity contribution is -0.142. The molecular weight excluding hydrogens is 354 g/mol. The fourth-order valence-corrected chi connectivity index (χ4v) is 2.26. The van der Waals surface area contributed by atoms with E-state index in [1.165, 1.54) is 17.9 Å². The van der Waals surface area contributed by atoms with E-state index in [4.69, 9.17) is 9.47 Å². The summed E-state index contributed by atoms with van der Waals surface area (Å²) in [6, 6.07) is 4.79. The van der Waals surface area contributed by atoms with Gasteiger partial charge in [0.05, 0.1) is 13.2 Å². The summed E-state index contributed by atoms with van der Waals surface area (Å²) in [6.07, 6.45) is 0. The lowest BCUT2D eigenvalue weighted by Gasteiger charge is -2.25. The number of carbonyl (C=O) groups excluding carboxylic acids is 4. The number of hydrogen-bond donors (Lipinski definition) is 2. The SMILES string of the molecule is CCOC(=O)CN(CC(=O)OCC)c1cc(C(=O)NNC(C)=O)ccc1C. The van der Waals surface area contributed by atoms with Gasteiger partial charge in [-0.25, -0.2) is 0 Å². The van der Waals surface area contributed by atoms with Gasteiger partial charge in [0.2, 0.25) is 5.91 Å². The van der Waals surface area contributed by atoms with E-state index in [2.05, 4.69) is 10.9 Å². The maximum Gasteiger partial charge on any atom is 0.325 e. The third-order valence-electron chi connectivity index (χ3n) is 3.41. The number of nitrogens with one attached hydrogen (secondary N) is 2. The second-order valence-corrected chi connectivity index (χ2v) is 5.60. The Morgan fingerprint density at radius 1 is 0.963 bits per heavy atom. The zero-order valence-corrected chi connectivity index (χ0v) is 16.0. The maximum atomic E-state index is 12.2. The van der Waals surface area contributed by atoms with Crippen molar-refractivity contribution in [3.8, 4) is 0 Å². The molecule has 0 aliphatic rings. The number of anilines is 1. The lowest BCUT2D eigenvalue weighted by Crippen LogP contribution is -2.40. The first kappa shape index (κ1) is 21.9. The zero-order chi connectivity index (χ0) is 20.4. The van der Waals surface area contributed by atoms with Crippen LogP contribution in [0.1, 0.15) is 36.7 Å². The van der Waals surface area contributed by atoms with Gasteiger partial charge in [-0.05, 0) is 38.5 Å². The molecule has 0 aliphatic heterocycles. The molecule has 0 heterocycles. The second kappa shape index (κ2) is 10.8. The first-order chi connectivity index (χ1) is 12.8. The van der Waals surface area contributed by atoms with E-state index < -0.39 is 23.8 Å². The molecule has 0 atom stereocenters. The molecule has 9 nitrogen and oxygen atoms in total. The predicted molar refractivity (Wildman–Crippen MR) is 97.9 cm³/mol. The molecule has 0 unspecified atom stereocenters. The highest BCUT2D eigenvalue weighted by Crippen LogP contribution is 2.22. The van der Waals surface area contributed by atoms with Gasteiger partial charge in [-0.1, -0.05) is 6.07 Å².